The van der Waals surface area contributed by atoms with E-state index < -0.39 is 5.41 Å². The van der Waals surface area contributed by atoms with Crippen molar-refractivity contribution in [3.8, 4) is 0 Å². The van der Waals surface area contributed by atoms with Crippen LogP contribution in [0.3, 0.4) is 0 Å². The summed E-state index contributed by atoms with van der Waals surface area (Å²) >= 11 is 6.04. The second-order valence-electron chi connectivity index (χ2n) is 10.5. The molecule has 4 bridgehead atoms. The van der Waals surface area contributed by atoms with E-state index in [4.69, 9.17) is 16.3 Å². The fourth-order valence-corrected chi connectivity index (χ4v) is 7.26. The summed E-state index contributed by atoms with van der Waals surface area (Å²) in [5.41, 5.74) is 1.34. The lowest BCUT2D eigenvalue weighted by atomic mass is 9.46. The van der Waals surface area contributed by atoms with Crippen LogP contribution in [0.25, 0.3) is 0 Å². The molecule has 3 aromatic rings. The Morgan fingerprint density at radius 3 is 2.69 bits per heavy atom. The number of esters is 1. The number of hydrogen-bond donors (Lipinski definition) is 1. The lowest BCUT2D eigenvalue weighted by Gasteiger charge is -2.60. The van der Waals surface area contributed by atoms with Gasteiger partial charge in [0.2, 0.25) is 11.2 Å². The van der Waals surface area contributed by atoms with Crippen LogP contribution in [0.15, 0.2) is 43.0 Å². The van der Waals surface area contributed by atoms with Crippen molar-refractivity contribution in [1.29, 1.82) is 0 Å². The third-order valence-electron chi connectivity index (χ3n) is 8.11. The third-order valence-corrected chi connectivity index (χ3v) is 8.28. The van der Waals surface area contributed by atoms with Crippen LogP contribution in [-0.2, 0) is 21.6 Å². The van der Waals surface area contributed by atoms with Gasteiger partial charge in [-0.05, 0) is 73.6 Å². The molecule has 1 aromatic carbocycles. The van der Waals surface area contributed by atoms with E-state index in [1.165, 1.54) is 13.5 Å². The van der Waals surface area contributed by atoms with E-state index >= 15 is 0 Å². The molecule has 4 saturated carbocycles. The second-order valence-corrected chi connectivity index (χ2v) is 10.8. The quantitative estimate of drug-likeness (QED) is 0.521. The van der Waals surface area contributed by atoms with Crippen LogP contribution in [0, 0.1) is 17.3 Å². The van der Waals surface area contributed by atoms with Crippen molar-refractivity contribution in [2.75, 3.05) is 12.4 Å². The van der Waals surface area contributed by atoms with Gasteiger partial charge in [0.25, 0.3) is 0 Å². The Morgan fingerprint density at radius 1 is 1.20 bits per heavy atom. The zero-order chi connectivity index (χ0) is 24.2. The number of rotatable bonds is 6. The number of aromatic nitrogens is 5. The molecule has 0 spiro atoms. The maximum absolute atomic E-state index is 13.7. The summed E-state index contributed by atoms with van der Waals surface area (Å²) < 4.78 is 8.53. The van der Waals surface area contributed by atoms with E-state index in [1.807, 2.05) is 16.8 Å². The molecule has 0 aliphatic heterocycles. The number of methoxy groups -OCH3 is 1. The molecular formula is C25H27ClN6O3. The van der Waals surface area contributed by atoms with Crippen LogP contribution in [0.4, 0.5) is 5.69 Å². The number of amides is 1. The van der Waals surface area contributed by atoms with Gasteiger partial charge in [0.15, 0.2) is 0 Å². The molecule has 1 amide bonds. The Hall–Kier alpha value is -3.20. The lowest BCUT2D eigenvalue weighted by Crippen LogP contribution is -2.60. The topological polar surface area (TPSA) is 104 Å². The number of nitrogens with one attached hydrogen (secondary N) is 1. The molecule has 0 saturated heterocycles. The molecule has 4 aliphatic carbocycles. The van der Waals surface area contributed by atoms with E-state index in [1.54, 1.807) is 35.5 Å². The first-order valence-corrected chi connectivity index (χ1v) is 12.3. The number of nitrogens with zero attached hydrogens (tertiary/aromatic N) is 5. The minimum Gasteiger partial charge on any atom is -0.465 e. The summed E-state index contributed by atoms with van der Waals surface area (Å²) in [6.07, 6.45) is 11.0. The highest BCUT2D eigenvalue weighted by atomic mass is 35.5. The van der Waals surface area contributed by atoms with Gasteiger partial charge in [0.1, 0.15) is 6.33 Å². The second kappa shape index (κ2) is 8.19. The Bertz CT molecular complexity index is 1290. The lowest BCUT2D eigenvalue weighted by molar-refractivity contribution is -0.150. The fourth-order valence-electron chi connectivity index (χ4n) is 7.14. The van der Waals surface area contributed by atoms with Gasteiger partial charge in [0.05, 0.1) is 42.1 Å². The third kappa shape index (κ3) is 3.82. The minimum absolute atomic E-state index is 0.0525. The maximum atomic E-state index is 13.7. The molecular weight excluding hydrogens is 468 g/mol. The van der Waals surface area contributed by atoms with Crippen molar-refractivity contribution < 1.29 is 14.3 Å². The highest BCUT2D eigenvalue weighted by Crippen LogP contribution is 2.64. The van der Waals surface area contributed by atoms with Gasteiger partial charge in [-0.25, -0.2) is 14.5 Å². The molecule has 1 N–H and O–H groups in total. The molecule has 2 heterocycles. The van der Waals surface area contributed by atoms with Crippen molar-refractivity contribution in [3.05, 3.63) is 59.4 Å². The number of halogens is 1. The Balaban J connectivity index is 1.21. The zero-order valence-electron chi connectivity index (χ0n) is 19.5. The molecule has 4 aliphatic rings. The number of ether oxygens (including phenoxy) is 1. The summed E-state index contributed by atoms with van der Waals surface area (Å²) in [5.74, 6) is 0.674. The molecule has 0 radical (unpaired) electrons. The predicted molar refractivity (Wildman–Crippen MR) is 128 cm³/mol. The zero-order valence-corrected chi connectivity index (χ0v) is 20.2. The van der Waals surface area contributed by atoms with Gasteiger partial charge in [-0.1, -0.05) is 18.2 Å². The summed E-state index contributed by atoms with van der Waals surface area (Å²) in [6, 6.07) is 7.28. The van der Waals surface area contributed by atoms with E-state index in [-0.39, 0.29) is 22.7 Å². The normalized spacial score (nSPS) is 28.7. The van der Waals surface area contributed by atoms with Gasteiger partial charge >= 0.3 is 5.97 Å². The molecule has 35 heavy (non-hydrogen) atoms. The van der Waals surface area contributed by atoms with Crippen LogP contribution >= 0.6 is 11.6 Å². The van der Waals surface area contributed by atoms with Crippen LogP contribution in [0.5, 0.6) is 0 Å². The fraction of sp³-hybridized carbons (Fsp3) is 0.480. The first kappa shape index (κ1) is 22.3. The van der Waals surface area contributed by atoms with Gasteiger partial charge in [-0.15, -0.1) is 5.10 Å². The average Bonchev–Trinajstić information content (AvgIpc) is 3.47. The molecule has 10 heteroatoms. The molecule has 4 fully saturated rings. The SMILES string of the molecule is COC(=O)c1ccccc1Cn1cc(NC(=O)C23CC4CC(C2)CC(n2cnc(Cl)n2)(C4)C3)cn1. The van der Waals surface area contributed by atoms with Gasteiger partial charge in [0, 0.05) is 6.20 Å². The van der Waals surface area contributed by atoms with Crippen molar-refractivity contribution in [2.24, 2.45) is 17.3 Å². The summed E-state index contributed by atoms with van der Waals surface area (Å²) in [6.45, 7) is 0.395. The van der Waals surface area contributed by atoms with E-state index in [0.717, 1.165) is 37.7 Å². The summed E-state index contributed by atoms with van der Waals surface area (Å²) in [7, 11) is 1.37. The van der Waals surface area contributed by atoms with Gasteiger partial charge in [-0.3, -0.25) is 9.48 Å². The molecule has 2 unspecified atom stereocenters. The van der Waals surface area contributed by atoms with Gasteiger partial charge < -0.3 is 10.1 Å². The molecule has 2 atom stereocenters. The Kier molecular flexibility index (Phi) is 5.21. The number of carbonyl (C=O) groups is 2. The smallest absolute Gasteiger partial charge is 0.338 e. The van der Waals surface area contributed by atoms with Crippen LogP contribution < -0.4 is 5.32 Å². The van der Waals surface area contributed by atoms with E-state index in [2.05, 4.69) is 20.5 Å². The molecule has 7 rings (SSSR count). The van der Waals surface area contributed by atoms with E-state index in [0.29, 0.717) is 29.6 Å². The Morgan fingerprint density at radius 2 is 1.97 bits per heavy atom. The Labute approximate surface area is 207 Å². The predicted octanol–water partition coefficient (Wildman–Crippen LogP) is 3.90. The minimum atomic E-state index is -0.428. The molecule has 9 nitrogen and oxygen atoms in total. The maximum Gasteiger partial charge on any atom is 0.338 e. The number of anilines is 1. The highest BCUT2D eigenvalue weighted by molar-refractivity contribution is 6.28. The van der Waals surface area contributed by atoms with Crippen LogP contribution in [0.1, 0.15) is 54.4 Å². The van der Waals surface area contributed by atoms with Crippen LogP contribution in [-0.4, -0.2) is 43.5 Å². The molecule has 182 valence electrons. The van der Waals surface area contributed by atoms with Crippen molar-refractivity contribution in [3.63, 3.8) is 0 Å². The number of carbonyl (C=O) groups excluding carboxylic acids is 2. The van der Waals surface area contributed by atoms with Crippen molar-refractivity contribution in [2.45, 2.75) is 50.6 Å². The highest BCUT2D eigenvalue weighted by Gasteiger charge is 2.61. The standard InChI is InChI=1S/C25H27ClN6O3/c1-35-21(33)20-5-3-2-4-18(20)12-31-13-19(11-28-31)29-22(34)24-7-16-6-17(8-24)10-25(9-16,14-24)32-15-27-23(26)30-32/h2-5,11,13,15-17H,6-10,12,14H2,1H3,(H,29,34). The van der Waals surface area contributed by atoms with Crippen molar-refractivity contribution >= 4 is 29.2 Å². The summed E-state index contributed by atoms with van der Waals surface area (Å²) in [5, 5.41) is 12.2. The van der Waals surface area contributed by atoms with Crippen LogP contribution in [0.2, 0.25) is 5.28 Å². The van der Waals surface area contributed by atoms with Crippen molar-refractivity contribution in [1.82, 2.24) is 24.5 Å². The first-order valence-electron chi connectivity index (χ1n) is 12.0. The average molecular weight is 495 g/mol. The summed E-state index contributed by atoms with van der Waals surface area (Å²) in [4.78, 5) is 29.9. The first-order chi connectivity index (χ1) is 16.9. The molecule has 2 aromatic heterocycles. The monoisotopic (exact) mass is 494 g/mol. The van der Waals surface area contributed by atoms with E-state index in [9.17, 15) is 9.59 Å². The number of hydrogen-bond acceptors (Lipinski definition) is 6. The number of benzene rings is 1. The largest absolute Gasteiger partial charge is 0.465 e. The van der Waals surface area contributed by atoms with Gasteiger partial charge in [-0.2, -0.15) is 5.10 Å².